The van der Waals surface area contributed by atoms with Crippen molar-refractivity contribution in [2.75, 3.05) is 4.90 Å². The van der Waals surface area contributed by atoms with E-state index in [1.54, 1.807) is 0 Å². The van der Waals surface area contributed by atoms with Gasteiger partial charge in [0.2, 0.25) is 0 Å². The maximum absolute atomic E-state index is 4.55. The predicted molar refractivity (Wildman–Crippen MR) is 262 cm³/mol. The molecule has 0 fully saturated rings. The number of hydrogen-bond acceptors (Lipinski definition) is 3. The molecule has 0 amide bonds. The predicted octanol–water partition coefficient (Wildman–Crippen LogP) is 15.3. The first kappa shape index (κ1) is 37.6. The van der Waals surface area contributed by atoms with Crippen LogP contribution in [0.5, 0.6) is 0 Å². The van der Waals surface area contributed by atoms with E-state index in [2.05, 4.69) is 220 Å². The van der Waals surface area contributed by atoms with Crippen molar-refractivity contribution < 1.29 is 0 Å². The third kappa shape index (κ3) is 7.45. The number of para-hydroxylation sites is 2. The topological polar surface area (TPSA) is 34.0 Å². The second-order valence-electron chi connectivity index (χ2n) is 15.9. The molecule has 11 aromatic rings. The van der Waals surface area contributed by atoms with E-state index in [1.807, 2.05) is 42.9 Å². The molecule has 0 atom stereocenters. The third-order valence-electron chi connectivity index (χ3n) is 12.0. The normalized spacial score (nSPS) is 11.2. The lowest BCUT2D eigenvalue weighted by Gasteiger charge is -2.26. The smallest absolute Gasteiger partial charge is 0.0619 e. The molecule has 0 aliphatic carbocycles. The minimum Gasteiger partial charge on any atom is -0.311 e. The van der Waals surface area contributed by atoms with Gasteiger partial charge < -0.3 is 9.47 Å². The molecule has 63 heavy (non-hydrogen) atoms. The zero-order valence-electron chi connectivity index (χ0n) is 34.6. The minimum absolute atomic E-state index is 0.787. The van der Waals surface area contributed by atoms with E-state index >= 15 is 0 Å². The number of benzene rings is 8. The van der Waals surface area contributed by atoms with Crippen LogP contribution in [0.4, 0.5) is 17.1 Å². The van der Waals surface area contributed by atoms with Gasteiger partial charge >= 0.3 is 0 Å². The molecular formula is C59H42N4. The fourth-order valence-electron chi connectivity index (χ4n) is 8.87. The molecule has 298 valence electrons. The van der Waals surface area contributed by atoms with Crippen LogP contribution in [-0.4, -0.2) is 14.5 Å². The molecule has 0 saturated carbocycles. The highest BCUT2D eigenvalue weighted by Crippen LogP contribution is 2.42. The molecule has 0 saturated heterocycles. The Hall–Kier alpha value is -8.34. The fraction of sp³-hybridized carbons (Fsp3) is 0.0169. The number of nitrogens with zero attached hydrogens (tertiary/aromatic N) is 4. The first-order valence-corrected chi connectivity index (χ1v) is 21.4. The minimum atomic E-state index is 0.787. The Kier molecular flexibility index (Phi) is 9.92. The third-order valence-corrected chi connectivity index (χ3v) is 12.0. The van der Waals surface area contributed by atoms with Crippen LogP contribution >= 0.6 is 0 Å². The van der Waals surface area contributed by atoms with E-state index in [4.69, 9.17) is 0 Å². The summed E-state index contributed by atoms with van der Waals surface area (Å²) in [6, 6.07) is 80.7. The van der Waals surface area contributed by atoms with Crippen LogP contribution in [0, 0.1) is 0 Å². The molecule has 0 spiro atoms. The van der Waals surface area contributed by atoms with Crippen LogP contribution in [0.25, 0.3) is 72.0 Å². The summed E-state index contributed by atoms with van der Waals surface area (Å²) >= 11 is 0. The molecular weight excluding hydrogens is 765 g/mol. The maximum Gasteiger partial charge on any atom is 0.0619 e. The Morgan fingerprint density at radius 1 is 0.381 bits per heavy atom. The van der Waals surface area contributed by atoms with Crippen molar-refractivity contribution in [1.82, 2.24) is 14.5 Å². The van der Waals surface area contributed by atoms with Gasteiger partial charge in [-0.3, -0.25) is 9.97 Å². The molecule has 0 aliphatic rings. The zero-order chi connectivity index (χ0) is 42.0. The fourth-order valence-corrected chi connectivity index (χ4v) is 8.87. The molecule has 4 nitrogen and oxygen atoms in total. The zero-order valence-corrected chi connectivity index (χ0v) is 34.6. The van der Waals surface area contributed by atoms with Gasteiger partial charge in [0.15, 0.2) is 0 Å². The van der Waals surface area contributed by atoms with Crippen LogP contribution in [0.2, 0.25) is 0 Å². The summed E-state index contributed by atoms with van der Waals surface area (Å²) in [7, 11) is 0. The Balaban J connectivity index is 0.960. The first-order chi connectivity index (χ1) is 31.2. The van der Waals surface area contributed by atoms with Gasteiger partial charge in [0.25, 0.3) is 0 Å². The lowest BCUT2D eigenvalue weighted by molar-refractivity contribution is 1.07. The van der Waals surface area contributed by atoms with Gasteiger partial charge in [-0.15, -0.1) is 0 Å². The van der Waals surface area contributed by atoms with E-state index in [9.17, 15) is 0 Å². The Morgan fingerprint density at radius 3 is 1.54 bits per heavy atom. The Morgan fingerprint density at radius 2 is 0.905 bits per heavy atom. The highest BCUT2D eigenvalue weighted by atomic mass is 15.1. The van der Waals surface area contributed by atoms with E-state index in [0.717, 1.165) is 57.1 Å². The van der Waals surface area contributed by atoms with Crippen molar-refractivity contribution >= 4 is 38.9 Å². The van der Waals surface area contributed by atoms with E-state index in [1.165, 1.54) is 49.6 Å². The number of pyridine rings is 2. The van der Waals surface area contributed by atoms with E-state index in [-0.39, 0.29) is 0 Å². The number of fused-ring (bicyclic) bond motifs is 3. The summed E-state index contributed by atoms with van der Waals surface area (Å²) in [5.41, 5.74) is 18.5. The van der Waals surface area contributed by atoms with Crippen molar-refractivity contribution in [3.63, 3.8) is 0 Å². The van der Waals surface area contributed by atoms with Gasteiger partial charge in [-0.05, 0) is 136 Å². The first-order valence-electron chi connectivity index (χ1n) is 21.4. The van der Waals surface area contributed by atoms with Gasteiger partial charge in [0.1, 0.15) is 0 Å². The lowest BCUT2D eigenvalue weighted by Crippen LogP contribution is -2.10. The average molecular weight is 807 g/mol. The van der Waals surface area contributed by atoms with Crippen molar-refractivity contribution in [3.05, 3.63) is 254 Å². The van der Waals surface area contributed by atoms with Crippen molar-refractivity contribution in [3.8, 4) is 50.2 Å². The van der Waals surface area contributed by atoms with Crippen molar-refractivity contribution in [2.45, 2.75) is 6.42 Å². The number of rotatable bonds is 10. The van der Waals surface area contributed by atoms with Gasteiger partial charge in [-0.1, -0.05) is 133 Å². The van der Waals surface area contributed by atoms with Crippen LogP contribution in [-0.2, 0) is 6.42 Å². The SMILES string of the molecule is c1ccc(-c2cc(-c3ccc(-c4ccc(N(c5ccc(Cc6ccccn6)cc5)c5ccc(-c6ccncc6)cc5)cc4)cc3)c3c(c2)c2ccccc2n3-c2ccccc2)cc1. The highest BCUT2D eigenvalue weighted by Gasteiger charge is 2.19. The lowest BCUT2D eigenvalue weighted by atomic mass is 9.94. The Labute approximate surface area is 367 Å². The molecule has 0 unspecified atom stereocenters. The number of hydrogen-bond donors (Lipinski definition) is 0. The summed E-state index contributed by atoms with van der Waals surface area (Å²) in [5.74, 6) is 0. The molecule has 0 N–H and O–H groups in total. The standard InChI is InChI=1S/C59H42N4/c1-3-11-43(12-4-1)49-40-56(59-57(41-49)55-16-7-8-17-58(55)63(59)51-14-5-2-6-15-51)48-22-20-44(21-23-48)45-24-30-53(31-25-45)62(54-32-26-46(27-33-54)47-34-37-60-38-35-47)52-28-18-42(19-29-52)39-50-13-9-10-36-61-50/h1-38,40-41H,39H2. The molecule has 11 rings (SSSR count). The molecule has 3 aromatic heterocycles. The average Bonchev–Trinajstić information content (AvgIpc) is 3.70. The second-order valence-corrected chi connectivity index (χ2v) is 15.9. The van der Waals surface area contributed by atoms with Crippen LogP contribution in [0.1, 0.15) is 11.3 Å². The van der Waals surface area contributed by atoms with Crippen molar-refractivity contribution in [2.24, 2.45) is 0 Å². The number of anilines is 3. The highest BCUT2D eigenvalue weighted by molar-refractivity contribution is 6.15. The van der Waals surface area contributed by atoms with E-state index < -0.39 is 0 Å². The molecule has 0 aliphatic heterocycles. The van der Waals surface area contributed by atoms with E-state index in [0.29, 0.717) is 0 Å². The molecule has 3 heterocycles. The summed E-state index contributed by atoms with van der Waals surface area (Å²) in [6.07, 6.45) is 6.32. The van der Waals surface area contributed by atoms with Gasteiger partial charge in [0, 0.05) is 69.8 Å². The van der Waals surface area contributed by atoms with Gasteiger partial charge in [-0.25, -0.2) is 0 Å². The molecule has 0 radical (unpaired) electrons. The molecule has 8 aromatic carbocycles. The summed E-state index contributed by atoms with van der Waals surface area (Å²) in [6.45, 7) is 0. The number of aromatic nitrogens is 3. The molecule has 0 bridgehead atoms. The summed E-state index contributed by atoms with van der Waals surface area (Å²) in [4.78, 5) is 11.1. The van der Waals surface area contributed by atoms with Gasteiger partial charge in [-0.2, -0.15) is 0 Å². The monoisotopic (exact) mass is 806 g/mol. The second kappa shape index (κ2) is 16.6. The Bertz CT molecular complexity index is 3290. The van der Waals surface area contributed by atoms with Crippen LogP contribution in [0.3, 0.4) is 0 Å². The van der Waals surface area contributed by atoms with Gasteiger partial charge in [0.05, 0.1) is 11.0 Å². The summed E-state index contributed by atoms with van der Waals surface area (Å²) in [5, 5.41) is 2.48. The van der Waals surface area contributed by atoms with Crippen LogP contribution in [0.15, 0.2) is 243 Å². The maximum atomic E-state index is 4.55. The van der Waals surface area contributed by atoms with Crippen LogP contribution < -0.4 is 4.90 Å². The largest absolute Gasteiger partial charge is 0.311 e. The van der Waals surface area contributed by atoms with Crippen molar-refractivity contribution in [1.29, 1.82) is 0 Å². The molecule has 4 heteroatoms. The summed E-state index contributed by atoms with van der Waals surface area (Å²) < 4.78 is 2.42. The quantitative estimate of drug-likeness (QED) is 0.138.